The third-order valence-corrected chi connectivity index (χ3v) is 14.7. The van der Waals surface area contributed by atoms with Crippen molar-refractivity contribution in [2.75, 3.05) is 19.5 Å². The molecule has 0 fully saturated rings. The summed E-state index contributed by atoms with van der Waals surface area (Å²) in [6.07, 6.45) is 0. The highest BCUT2D eigenvalue weighted by atomic mass is 16.5. The lowest BCUT2D eigenvalue weighted by atomic mass is 9.31. The van der Waals surface area contributed by atoms with Crippen molar-refractivity contribution < 1.29 is 4.74 Å². The summed E-state index contributed by atoms with van der Waals surface area (Å²) in [6, 6.07) is 70.1. The Morgan fingerprint density at radius 2 is 0.839 bits per heavy atom. The Morgan fingerprint density at radius 1 is 0.323 bits per heavy atom. The minimum atomic E-state index is -0.0948. The van der Waals surface area contributed by atoms with Gasteiger partial charge < -0.3 is 24.2 Å². The maximum absolute atomic E-state index is 7.15. The number of ether oxygens (including phenoxy) is 1. The smallest absolute Gasteiger partial charge is 0.333 e. The Labute approximate surface area is 359 Å². The van der Waals surface area contributed by atoms with Gasteiger partial charge in [0, 0.05) is 45.4 Å². The summed E-state index contributed by atoms with van der Waals surface area (Å²) in [5, 5.41) is 0. The standard InChI is InChI=1S/C54H31B3N4O/c1-2-16-32(17-3-1)58-40-23-9-4-18-35(40)55-36-19-5-11-25-42(36)60-44-27-13-14-28-45(44)61-52-34(30-46(58)50(55)54(52)60)33-31-48-51-53-49(33)57(61)38-21-7-12-26-43(38)59(53)41-24-10-6-20-37(41)56(51)39-22-8-15-29-47(39)62-48/h1-31H. The van der Waals surface area contributed by atoms with Crippen molar-refractivity contribution in [3.05, 3.63) is 188 Å². The fourth-order valence-corrected chi connectivity index (χ4v) is 12.6. The van der Waals surface area contributed by atoms with Crippen LogP contribution in [0.3, 0.4) is 0 Å². The molecule has 0 radical (unpaired) electrons. The number of fused-ring (bicyclic) bond motifs is 18. The van der Waals surface area contributed by atoms with E-state index in [9.17, 15) is 0 Å². The van der Waals surface area contributed by atoms with E-state index in [1.165, 1.54) is 112 Å². The van der Waals surface area contributed by atoms with E-state index in [-0.39, 0.29) is 20.3 Å². The molecule has 282 valence electrons. The Bertz CT molecular complexity index is 3530. The summed E-state index contributed by atoms with van der Waals surface area (Å²) < 4.78 is 7.15. The van der Waals surface area contributed by atoms with Crippen molar-refractivity contribution in [1.29, 1.82) is 0 Å². The summed E-state index contributed by atoms with van der Waals surface area (Å²) in [4.78, 5) is 10.4. The fourth-order valence-electron chi connectivity index (χ4n) is 12.6. The molecular weight excluding hydrogens is 753 g/mol. The van der Waals surface area contributed by atoms with E-state index < -0.39 is 0 Å². The molecular formula is C54H31B3N4O. The lowest BCUT2D eigenvalue weighted by Gasteiger charge is -2.55. The zero-order chi connectivity index (χ0) is 39.9. The number of hydrogen-bond acceptors (Lipinski definition) is 5. The van der Waals surface area contributed by atoms with Gasteiger partial charge in [0.15, 0.2) is 0 Å². The molecule has 0 saturated heterocycles. The zero-order valence-electron chi connectivity index (χ0n) is 33.3. The quantitative estimate of drug-likeness (QED) is 0.159. The summed E-state index contributed by atoms with van der Waals surface area (Å²) in [5.41, 5.74) is 26.3. The topological polar surface area (TPSA) is 22.2 Å². The predicted molar refractivity (Wildman–Crippen MR) is 259 cm³/mol. The minimum absolute atomic E-state index is 0.0335. The van der Waals surface area contributed by atoms with Gasteiger partial charge in [-0.1, -0.05) is 121 Å². The monoisotopic (exact) mass is 784 g/mol. The molecule has 7 aliphatic heterocycles. The van der Waals surface area contributed by atoms with Gasteiger partial charge in [0.05, 0.1) is 22.7 Å². The molecule has 16 rings (SSSR count). The van der Waals surface area contributed by atoms with Gasteiger partial charge in [0.25, 0.3) is 13.4 Å². The van der Waals surface area contributed by atoms with Gasteiger partial charge in [-0.2, -0.15) is 0 Å². The SMILES string of the molecule is c1ccc(N2c3ccccc3B3c4ccccc4N4c5ccccc5N5B6c7ccccc7N7c8ccccc8B8c9ccccc9Oc9cc(c6c7c98)-c6cc2c3c4c65)cc1. The van der Waals surface area contributed by atoms with Crippen molar-refractivity contribution in [2.45, 2.75) is 0 Å². The molecule has 0 atom stereocenters. The number of para-hydroxylation sites is 8. The van der Waals surface area contributed by atoms with E-state index in [2.05, 4.69) is 208 Å². The molecule has 8 heteroatoms. The lowest BCUT2D eigenvalue weighted by molar-refractivity contribution is 0.488. The van der Waals surface area contributed by atoms with Gasteiger partial charge in [-0.15, -0.1) is 0 Å². The first-order valence-electron chi connectivity index (χ1n) is 21.7. The van der Waals surface area contributed by atoms with Crippen LogP contribution in [0.2, 0.25) is 0 Å². The molecule has 0 N–H and O–H groups in total. The Morgan fingerprint density at radius 3 is 1.53 bits per heavy atom. The normalized spacial score (nSPS) is 15.0. The third kappa shape index (κ3) is 3.62. The molecule has 0 amide bonds. The van der Waals surface area contributed by atoms with Gasteiger partial charge >= 0.3 is 6.85 Å². The molecule has 0 bridgehead atoms. The van der Waals surface area contributed by atoms with E-state index in [1.807, 2.05) is 0 Å². The largest absolute Gasteiger partial charge is 0.458 e. The highest BCUT2D eigenvalue weighted by molar-refractivity contribution is 7.03. The predicted octanol–water partition coefficient (Wildman–Crippen LogP) is 7.73. The van der Waals surface area contributed by atoms with Crippen LogP contribution in [-0.2, 0) is 0 Å². The highest BCUT2D eigenvalue weighted by Gasteiger charge is 2.56. The summed E-state index contributed by atoms with van der Waals surface area (Å²) in [7, 11) is 0. The molecule has 5 nitrogen and oxygen atoms in total. The number of anilines is 11. The van der Waals surface area contributed by atoms with Gasteiger partial charge in [0.2, 0.25) is 0 Å². The highest BCUT2D eigenvalue weighted by Crippen LogP contribution is 2.60. The van der Waals surface area contributed by atoms with Crippen LogP contribution in [0, 0.1) is 0 Å². The summed E-state index contributed by atoms with van der Waals surface area (Å²) in [5.74, 6) is 1.87. The van der Waals surface area contributed by atoms with Crippen LogP contribution < -0.4 is 67.9 Å². The molecule has 9 aromatic carbocycles. The number of hydrogen-bond donors (Lipinski definition) is 0. The first-order valence-corrected chi connectivity index (χ1v) is 21.7. The maximum atomic E-state index is 7.15. The molecule has 0 spiro atoms. The van der Waals surface area contributed by atoms with Crippen LogP contribution in [-0.4, -0.2) is 20.3 Å². The van der Waals surface area contributed by atoms with Crippen molar-refractivity contribution in [3.8, 4) is 22.6 Å². The molecule has 0 saturated carbocycles. The maximum Gasteiger partial charge on any atom is 0.333 e. The second kappa shape index (κ2) is 11.1. The van der Waals surface area contributed by atoms with Crippen molar-refractivity contribution in [2.24, 2.45) is 0 Å². The van der Waals surface area contributed by atoms with E-state index in [1.54, 1.807) is 0 Å². The zero-order valence-corrected chi connectivity index (χ0v) is 33.3. The molecule has 9 aromatic rings. The summed E-state index contributed by atoms with van der Waals surface area (Å²) >= 11 is 0. The van der Waals surface area contributed by atoms with E-state index in [4.69, 9.17) is 4.74 Å². The van der Waals surface area contributed by atoms with Crippen molar-refractivity contribution in [3.63, 3.8) is 0 Å². The molecule has 7 heterocycles. The molecule has 7 aliphatic rings. The van der Waals surface area contributed by atoms with Gasteiger partial charge in [0.1, 0.15) is 11.5 Å². The van der Waals surface area contributed by atoms with Gasteiger partial charge in [-0.05, 0) is 116 Å². The second-order valence-electron chi connectivity index (χ2n) is 17.5. The van der Waals surface area contributed by atoms with E-state index in [0.717, 1.165) is 17.2 Å². The summed E-state index contributed by atoms with van der Waals surface area (Å²) in [6.45, 7) is -0.0211. The average molecular weight is 784 g/mol. The molecule has 0 aromatic heterocycles. The van der Waals surface area contributed by atoms with Crippen LogP contribution in [0.25, 0.3) is 11.1 Å². The Balaban J connectivity index is 1.11. The van der Waals surface area contributed by atoms with Gasteiger partial charge in [-0.25, -0.2) is 0 Å². The van der Waals surface area contributed by atoms with Crippen LogP contribution >= 0.6 is 0 Å². The first-order chi connectivity index (χ1) is 30.8. The van der Waals surface area contributed by atoms with Gasteiger partial charge in [-0.3, -0.25) is 0 Å². The number of rotatable bonds is 1. The molecule has 0 aliphatic carbocycles. The Kier molecular flexibility index (Phi) is 5.73. The Hall–Kier alpha value is -7.83. The first kappa shape index (κ1) is 32.0. The lowest BCUT2D eigenvalue weighted by Crippen LogP contribution is -2.69. The number of benzene rings is 9. The van der Waals surface area contributed by atoms with Crippen molar-refractivity contribution in [1.82, 2.24) is 0 Å². The minimum Gasteiger partial charge on any atom is -0.458 e. The van der Waals surface area contributed by atoms with Crippen LogP contribution in [0.4, 0.5) is 62.6 Å². The second-order valence-corrected chi connectivity index (χ2v) is 17.5. The molecule has 62 heavy (non-hydrogen) atoms. The van der Waals surface area contributed by atoms with Crippen LogP contribution in [0.15, 0.2) is 188 Å². The third-order valence-electron chi connectivity index (χ3n) is 14.7. The van der Waals surface area contributed by atoms with Crippen LogP contribution in [0.5, 0.6) is 11.5 Å². The number of nitrogens with zero attached hydrogens (tertiary/aromatic N) is 4. The van der Waals surface area contributed by atoms with E-state index >= 15 is 0 Å². The van der Waals surface area contributed by atoms with Crippen molar-refractivity contribution >= 4 is 127 Å². The molecule has 0 unspecified atom stereocenters. The average Bonchev–Trinajstić information content (AvgIpc) is 3.34. The van der Waals surface area contributed by atoms with E-state index in [0.29, 0.717) is 0 Å². The fraction of sp³-hybridized carbons (Fsp3) is 0. The van der Waals surface area contributed by atoms with Crippen LogP contribution in [0.1, 0.15) is 0 Å².